The molecule has 19 heavy (non-hydrogen) atoms. The van der Waals surface area contributed by atoms with Gasteiger partial charge in [-0.2, -0.15) is 0 Å². The maximum atomic E-state index is 11.8. The van der Waals surface area contributed by atoms with Crippen LogP contribution in [0.5, 0.6) is 0 Å². The Balaban J connectivity index is 2.49. The van der Waals surface area contributed by atoms with Crippen LogP contribution in [0.1, 0.15) is 38.1 Å². The van der Waals surface area contributed by atoms with Crippen molar-refractivity contribution in [2.24, 2.45) is 5.41 Å². The number of hydrogen-bond donors (Lipinski definition) is 0. The molecule has 4 heteroatoms. The average Bonchev–Trinajstić information content (AvgIpc) is 2.43. The molecule has 0 atom stereocenters. The van der Waals surface area contributed by atoms with Crippen LogP contribution in [-0.4, -0.2) is 42.1 Å². The van der Waals surface area contributed by atoms with Crippen LogP contribution < -0.4 is 0 Å². The number of rotatable bonds is 7. The summed E-state index contributed by atoms with van der Waals surface area (Å²) in [4.78, 5) is 18.1. The van der Waals surface area contributed by atoms with Gasteiger partial charge in [0, 0.05) is 24.4 Å². The number of carbonyl (C=O) groups is 1. The largest absolute Gasteiger partial charge is 0.461 e. The average molecular weight is 264 g/mol. The van der Waals surface area contributed by atoms with Crippen molar-refractivity contribution in [2.75, 3.05) is 26.2 Å². The first-order chi connectivity index (χ1) is 8.98. The number of aromatic nitrogens is 1. The molecule has 0 amide bonds. The summed E-state index contributed by atoms with van der Waals surface area (Å²) in [5.41, 5.74) is 0.449. The van der Waals surface area contributed by atoms with Crippen LogP contribution in [0.4, 0.5) is 0 Å². The molecule has 0 saturated carbocycles. The number of ether oxygens (including phenoxy) is 1. The van der Waals surface area contributed by atoms with Gasteiger partial charge in [0.25, 0.3) is 0 Å². The van der Waals surface area contributed by atoms with Crippen LogP contribution in [0.15, 0.2) is 24.5 Å². The van der Waals surface area contributed by atoms with E-state index >= 15 is 0 Å². The molecule has 1 aromatic heterocycles. The van der Waals surface area contributed by atoms with E-state index in [2.05, 4.69) is 37.6 Å². The maximum Gasteiger partial charge on any atom is 0.339 e. The number of carbonyl (C=O) groups excluding carboxylic acids is 1. The Kier molecular flexibility index (Phi) is 5.96. The van der Waals surface area contributed by atoms with Gasteiger partial charge in [0.05, 0.1) is 12.2 Å². The van der Waals surface area contributed by atoms with Crippen LogP contribution in [0.3, 0.4) is 0 Å². The zero-order valence-electron chi connectivity index (χ0n) is 12.3. The Morgan fingerprint density at radius 3 is 2.58 bits per heavy atom. The number of nitrogens with zero attached hydrogens (tertiary/aromatic N) is 2. The molecule has 1 heterocycles. The molecule has 0 aliphatic heterocycles. The monoisotopic (exact) mass is 264 g/mol. The predicted molar refractivity (Wildman–Crippen MR) is 76.1 cm³/mol. The van der Waals surface area contributed by atoms with Gasteiger partial charge in [0.15, 0.2) is 0 Å². The fourth-order valence-electron chi connectivity index (χ4n) is 1.93. The normalized spacial score (nSPS) is 11.6. The van der Waals surface area contributed by atoms with Crippen LogP contribution in [0, 0.1) is 5.41 Å². The molecular weight excluding hydrogens is 240 g/mol. The van der Waals surface area contributed by atoms with Crippen molar-refractivity contribution in [3.05, 3.63) is 30.1 Å². The smallest absolute Gasteiger partial charge is 0.339 e. The predicted octanol–water partition coefficient (Wildman–Crippen LogP) is 2.61. The standard InChI is InChI=1S/C15H24N2O2/c1-5-17(6-2)11-15(3,4)12-19-14(18)13-8-7-9-16-10-13/h7-10H,5-6,11-12H2,1-4H3. The third-order valence-electron chi connectivity index (χ3n) is 3.04. The topological polar surface area (TPSA) is 42.4 Å². The van der Waals surface area contributed by atoms with E-state index in [4.69, 9.17) is 4.74 Å². The van der Waals surface area contributed by atoms with Crippen LogP contribution in [0.2, 0.25) is 0 Å². The minimum absolute atomic E-state index is 0.0517. The van der Waals surface area contributed by atoms with Gasteiger partial charge in [0.2, 0.25) is 0 Å². The minimum Gasteiger partial charge on any atom is -0.461 e. The first-order valence-corrected chi connectivity index (χ1v) is 6.78. The van der Waals surface area contributed by atoms with Crippen LogP contribution in [-0.2, 0) is 4.74 Å². The van der Waals surface area contributed by atoms with Crippen molar-refractivity contribution in [2.45, 2.75) is 27.7 Å². The Morgan fingerprint density at radius 2 is 2.05 bits per heavy atom. The van der Waals surface area contributed by atoms with Gasteiger partial charge >= 0.3 is 5.97 Å². The fourth-order valence-corrected chi connectivity index (χ4v) is 1.93. The highest BCUT2D eigenvalue weighted by Gasteiger charge is 2.23. The van der Waals surface area contributed by atoms with Gasteiger partial charge in [0.1, 0.15) is 0 Å². The van der Waals surface area contributed by atoms with Crippen molar-refractivity contribution < 1.29 is 9.53 Å². The molecule has 0 spiro atoms. The molecule has 1 aromatic rings. The number of hydrogen-bond acceptors (Lipinski definition) is 4. The van der Waals surface area contributed by atoms with Gasteiger partial charge in [-0.3, -0.25) is 4.98 Å². The summed E-state index contributed by atoms with van der Waals surface area (Å²) >= 11 is 0. The van der Waals surface area contributed by atoms with Gasteiger partial charge in [-0.05, 0) is 25.2 Å². The molecule has 0 N–H and O–H groups in total. The molecule has 0 bridgehead atoms. The van der Waals surface area contributed by atoms with Crippen molar-refractivity contribution in [1.29, 1.82) is 0 Å². The number of esters is 1. The van der Waals surface area contributed by atoms with E-state index in [0.717, 1.165) is 19.6 Å². The van der Waals surface area contributed by atoms with Gasteiger partial charge in [-0.1, -0.05) is 27.7 Å². The summed E-state index contributed by atoms with van der Waals surface area (Å²) in [5.74, 6) is -0.305. The van der Waals surface area contributed by atoms with Gasteiger partial charge in [-0.15, -0.1) is 0 Å². The molecule has 0 unspecified atom stereocenters. The Hall–Kier alpha value is -1.42. The van der Waals surface area contributed by atoms with Crippen molar-refractivity contribution in [3.63, 3.8) is 0 Å². The van der Waals surface area contributed by atoms with Gasteiger partial charge in [-0.25, -0.2) is 4.79 Å². The Labute approximate surface area is 115 Å². The summed E-state index contributed by atoms with van der Waals surface area (Å²) < 4.78 is 5.38. The lowest BCUT2D eigenvalue weighted by atomic mass is 9.94. The van der Waals surface area contributed by atoms with Crippen LogP contribution in [0.25, 0.3) is 0 Å². The Bertz CT molecular complexity index is 386. The maximum absolute atomic E-state index is 11.8. The summed E-state index contributed by atoms with van der Waals surface area (Å²) in [6, 6.07) is 3.45. The SMILES string of the molecule is CCN(CC)CC(C)(C)COC(=O)c1cccnc1. The fraction of sp³-hybridized carbons (Fsp3) is 0.600. The summed E-state index contributed by atoms with van der Waals surface area (Å²) in [7, 11) is 0. The second kappa shape index (κ2) is 7.24. The molecule has 0 aliphatic carbocycles. The first kappa shape index (κ1) is 15.6. The molecule has 4 nitrogen and oxygen atoms in total. The van der Waals surface area contributed by atoms with Crippen molar-refractivity contribution >= 4 is 5.97 Å². The summed E-state index contributed by atoms with van der Waals surface area (Å²) in [6.07, 6.45) is 3.17. The highest BCUT2D eigenvalue weighted by Crippen LogP contribution is 2.18. The van der Waals surface area contributed by atoms with E-state index in [9.17, 15) is 4.79 Å². The van der Waals surface area contributed by atoms with Crippen molar-refractivity contribution in [3.8, 4) is 0 Å². The molecule has 0 saturated heterocycles. The van der Waals surface area contributed by atoms with Crippen LogP contribution >= 0.6 is 0 Å². The highest BCUT2D eigenvalue weighted by atomic mass is 16.5. The second-order valence-corrected chi connectivity index (χ2v) is 5.44. The molecule has 0 radical (unpaired) electrons. The van der Waals surface area contributed by atoms with E-state index in [1.807, 2.05) is 0 Å². The lowest BCUT2D eigenvalue weighted by Crippen LogP contribution is -2.37. The number of pyridine rings is 1. The first-order valence-electron chi connectivity index (χ1n) is 6.78. The lowest BCUT2D eigenvalue weighted by Gasteiger charge is -2.30. The van der Waals surface area contributed by atoms with E-state index < -0.39 is 0 Å². The second-order valence-electron chi connectivity index (χ2n) is 5.44. The molecule has 0 aromatic carbocycles. The van der Waals surface area contributed by atoms with E-state index in [1.54, 1.807) is 18.3 Å². The minimum atomic E-state index is -0.305. The third kappa shape index (κ3) is 5.39. The Morgan fingerprint density at radius 1 is 1.37 bits per heavy atom. The molecule has 106 valence electrons. The molecule has 0 fully saturated rings. The van der Waals surface area contributed by atoms with E-state index in [-0.39, 0.29) is 11.4 Å². The summed E-state index contributed by atoms with van der Waals surface area (Å²) in [5, 5.41) is 0. The zero-order chi connectivity index (χ0) is 14.3. The highest BCUT2D eigenvalue weighted by molar-refractivity contribution is 5.88. The zero-order valence-corrected chi connectivity index (χ0v) is 12.3. The summed E-state index contributed by atoms with van der Waals surface area (Å²) in [6.45, 7) is 11.9. The van der Waals surface area contributed by atoms with Gasteiger partial charge < -0.3 is 9.64 Å². The van der Waals surface area contributed by atoms with E-state index in [0.29, 0.717) is 12.2 Å². The molecule has 0 aliphatic rings. The van der Waals surface area contributed by atoms with Crippen molar-refractivity contribution in [1.82, 2.24) is 9.88 Å². The third-order valence-corrected chi connectivity index (χ3v) is 3.04. The van der Waals surface area contributed by atoms with E-state index in [1.165, 1.54) is 6.20 Å². The molecular formula is C15H24N2O2. The quantitative estimate of drug-likeness (QED) is 0.710. The molecule has 1 rings (SSSR count). The lowest BCUT2D eigenvalue weighted by molar-refractivity contribution is 0.0274.